The predicted molar refractivity (Wildman–Crippen MR) is 93.0 cm³/mol. The molecule has 24 heavy (non-hydrogen) atoms. The van der Waals surface area contributed by atoms with Gasteiger partial charge in [0, 0.05) is 28.9 Å². The first kappa shape index (κ1) is 14.3. The van der Waals surface area contributed by atoms with Crippen LogP contribution >= 0.6 is 0 Å². The molecule has 0 atom stereocenters. The molecule has 0 saturated carbocycles. The Morgan fingerprint density at radius 3 is 2.79 bits per heavy atom. The Bertz CT molecular complexity index is 1020. The summed E-state index contributed by atoms with van der Waals surface area (Å²) in [4.78, 5) is 8.81. The lowest BCUT2D eigenvalue weighted by Crippen LogP contribution is -1.85. The summed E-state index contributed by atoms with van der Waals surface area (Å²) < 4.78 is 13.1. The molecule has 0 aliphatic carbocycles. The number of benzene rings is 2. The van der Waals surface area contributed by atoms with E-state index in [-0.39, 0.29) is 5.82 Å². The molecule has 0 unspecified atom stereocenters. The first-order valence-electron chi connectivity index (χ1n) is 7.48. The Balaban J connectivity index is 1.66. The molecule has 2 heterocycles. The summed E-state index contributed by atoms with van der Waals surface area (Å²) in [5.74, 6) is -0.266. The first-order chi connectivity index (χ1) is 11.8. The van der Waals surface area contributed by atoms with Crippen LogP contribution in [-0.2, 0) is 0 Å². The quantitative estimate of drug-likeness (QED) is 0.565. The molecule has 116 valence electrons. The van der Waals surface area contributed by atoms with E-state index in [9.17, 15) is 4.39 Å². The van der Waals surface area contributed by atoms with Gasteiger partial charge in [-0.15, -0.1) is 0 Å². The number of aromatic nitrogens is 3. The molecular weight excluding hydrogens is 303 g/mol. The predicted octanol–water partition coefficient (Wildman–Crippen LogP) is 4.51. The fourth-order valence-electron chi connectivity index (χ4n) is 2.53. The van der Waals surface area contributed by atoms with Gasteiger partial charge in [0.25, 0.3) is 0 Å². The van der Waals surface area contributed by atoms with Crippen molar-refractivity contribution in [2.45, 2.75) is 0 Å². The second kappa shape index (κ2) is 6.04. The second-order valence-electron chi connectivity index (χ2n) is 5.35. The molecule has 0 bridgehead atoms. The minimum Gasteiger partial charge on any atom is -0.277 e. The number of hydrogen-bond donors (Lipinski definition) is 1. The van der Waals surface area contributed by atoms with Gasteiger partial charge in [0.2, 0.25) is 0 Å². The maximum Gasteiger partial charge on any atom is 0.123 e. The summed E-state index contributed by atoms with van der Waals surface area (Å²) in [6.07, 6.45) is 5.22. The van der Waals surface area contributed by atoms with Crippen molar-refractivity contribution in [3.05, 3.63) is 78.4 Å². The SMILES string of the molecule is Fc1ccc(-c2[nH]ncc2C=Nc2ccc3ncccc3c2)cc1. The van der Waals surface area contributed by atoms with Gasteiger partial charge in [-0.1, -0.05) is 6.07 Å². The van der Waals surface area contributed by atoms with E-state index < -0.39 is 0 Å². The Morgan fingerprint density at radius 2 is 1.92 bits per heavy atom. The van der Waals surface area contributed by atoms with Crippen molar-refractivity contribution in [3.8, 4) is 11.3 Å². The minimum atomic E-state index is -0.266. The highest BCUT2D eigenvalue weighted by Gasteiger charge is 2.06. The van der Waals surface area contributed by atoms with Crippen LogP contribution in [0.15, 0.2) is 72.0 Å². The summed E-state index contributed by atoms with van der Waals surface area (Å²) >= 11 is 0. The lowest BCUT2D eigenvalue weighted by molar-refractivity contribution is 0.628. The van der Waals surface area contributed by atoms with Gasteiger partial charge in [-0.25, -0.2) is 4.39 Å². The van der Waals surface area contributed by atoms with Crippen molar-refractivity contribution in [3.63, 3.8) is 0 Å². The number of rotatable bonds is 3. The van der Waals surface area contributed by atoms with Gasteiger partial charge in [0.1, 0.15) is 5.82 Å². The molecule has 0 aliphatic heterocycles. The maximum absolute atomic E-state index is 13.1. The number of hydrogen-bond acceptors (Lipinski definition) is 3. The molecule has 5 heteroatoms. The zero-order chi connectivity index (χ0) is 16.4. The minimum absolute atomic E-state index is 0.266. The number of nitrogens with zero attached hydrogens (tertiary/aromatic N) is 3. The fourth-order valence-corrected chi connectivity index (χ4v) is 2.53. The standard InChI is InChI=1S/C19H13FN4/c20-16-5-3-13(4-6-16)19-15(12-23-24-19)11-22-17-7-8-18-14(10-17)2-1-9-21-18/h1-12H,(H,23,24). The van der Waals surface area contributed by atoms with Crippen LogP contribution in [0, 0.1) is 5.82 Å². The average molecular weight is 316 g/mol. The third-order valence-corrected chi connectivity index (χ3v) is 3.74. The Kier molecular flexibility index (Phi) is 3.59. The van der Waals surface area contributed by atoms with E-state index in [1.165, 1.54) is 12.1 Å². The van der Waals surface area contributed by atoms with Crippen LogP contribution in [0.3, 0.4) is 0 Å². The topological polar surface area (TPSA) is 53.9 Å². The van der Waals surface area contributed by atoms with E-state index in [2.05, 4.69) is 20.2 Å². The second-order valence-corrected chi connectivity index (χ2v) is 5.35. The number of H-pyrrole nitrogens is 1. The van der Waals surface area contributed by atoms with E-state index in [0.29, 0.717) is 0 Å². The normalized spacial score (nSPS) is 11.4. The molecular formula is C19H13FN4. The van der Waals surface area contributed by atoms with E-state index in [0.717, 1.165) is 33.4 Å². The van der Waals surface area contributed by atoms with Crippen LogP contribution in [0.5, 0.6) is 0 Å². The number of aliphatic imine (C=N–C) groups is 1. The molecule has 2 aromatic carbocycles. The van der Waals surface area contributed by atoms with Crippen LogP contribution in [0.2, 0.25) is 0 Å². The van der Waals surface area contributed by atoms with Gasteiger partial charge in [-0.05, 0) is 48.5 Å². The van der Waals surface area contributed by atoms with Gasteiger partial charge < -0.3 is 0 Å². The van der Waals surface area contributed by atoms with Crippen LogP contribution in [0.4, 0.5) is 10.1 Å². The van der Waals surface area contributed by atoms with Gasteiger partial charge in [-0.3, -0.25) is 15.1 Å². The maximum atomic E-state index is 13.1. The number of halogens is 1. The Hall–Kier alpha value is -3.34. The van der Waals surface area contributed by atoms with E-state index in [4.69, 9.17) is 0 Å². The van der Waals surface area contributed by atoms with E-state index in [1.807, 2.05) is 30.3 Å². The smallest absolute Gasteiger partial charge is 0.123 e. The number of fused-ring (bicyclic) bond motifs is 1. The monoisotopic (exact) mass is 316 g/mol. The van der Waals surface area contributed by atoms with Crippen LogP contribution < -0.4 is 0 Å². The molecule has 0 amide bonds. The molecule has 4 aromatic rings. The summed E-state index contributed by atoms with van der Waals surface area (Å²) in [5, 5.41) is 8.04. The fraction of sp³-hybridized carbons (Fsp3) is 0. The lowest BCUT2D eigenvalue weighted by Gasteiger charge is -2.00. The third-order valence-electron chi connectivity index (χ3n) is 3.74. The van der Waals surface area contributed by atoms with Crippen molar-refractivity contribution in [2.75, 3.05) is 0 Å². The summed E-state index contributed by atoms with van der Waals surface area (Å²) in [5.41, 5.74) is 4.28. The van der Waals surface area contributed by atoms with Gasteiger partial charge in [0.15, 0.2) is 0 Å². The van der Waals surface area contributed by atoms with Gasteiger partial charge >= 0.3 is 0 Å². The highest BCUT2D eigenvalue weighted by atomic mass is 19.1. The Morgan fingerprint density at radius 1 is 1.04 bits per heavy atom. The van der Waals surface area contributed by atoms with Gasteiger partial charge in [0.05, 0.1) is 23.1 Å². The molecule has 0 fully saturated rings. The summed E-state index contributed by atoms with van der Waals surface area (Å²) in [6.45, 7) is 0. The van der Waals surface area contributed by atoms with E-state index >= 15 is 0 Å². The van der Waals surface area contributed by atoms with Crippen molar-refractivity contribution in [2.24, 2.45) is 4.99 Å². The molecule has 1 N–H and O–H groups in total. The van der Waals surface area contributed by atoms with Crippen LogP contribution in [0.25, 0.3) is 22.2 Å². The molecule has 0 saturated heterocycles. The van der Waals surface area contributed by atoms with Crippen molar-refractivity contribution in [1.29, 1.82) is 0 Å². The molecule has 4 nitrogen and oxygen atoms in total. The highest BCUT2D eigenvalue weighted by molar-refractivity contribution is 5.91. The molecule has 0 spiro atoms. The number of aromatic amines is 1. The first-order valence-corrected chi connectivity index (χ1v) is 7.48. The van der Waals surface area contributed by atoms with Crippen molar-refractivity contribution >= 4 is 22.8 Å². The largest absolute Gasteiger partial charge is 0.277 e. The van der Waals surface area contributed by atoms with Crippen LogP contribution in [-0.4, -0.2) is 21.4 Å². The molecule has 0 radical (unpaired) electrons. The zero-order valence-corrected chi connectivity index (χ0v) is 12.6. The van der Waals surface area contributed by atoms with Crippen LogP contribution in [0.1, 0.15) is 5.56 Å². The summed E-state index contributed by atoms with van der Waals surface area (Å²) in [6, 6.07) is 16.0. The third kappa shape index (κ3) is 2.79. The van der Waals surface area contributed by atoms with Crippen molar-refractivity contribution < 1.29 is 4.39 Å². The van der Waals surface area contributed by atoms with Gasteiger partial charge in [-0.2, -0.15) is 5.10 Å². The Labute approximate surface area is 137 Å². The highest BCUT2D eigenvalue weighted by Crippen LogP contribution is 2.22. The van der Waals surface area contributed by atoms with E-state index in [1.54, 1.807) is 30.7 Å². The lowest BCUT2D eigenvalue weighted by atomic mass is 10.1. The molecule has 2 aromatic heterocycles. The number of pyridine rings is 1. The average Bonchev–Trinajstić information content (AvgIpc) is 3.09. The van der Waals surface area contributed by atoms with Crippen molar-refractivity contribution in [1.82, 2.24) is 15.2 Å². The zero-order valence-electron chi connectivity index (χ0n) is 12.6. The summed E-state index contributed by atoms with van der Waals surface area (Å²) in [7, 11) is 0. The molecule has 0 aliphatic rings. The molecule has 4 rings (SSSR count). The number of nitrogens with one attached hydrogen (secondary N) is 1.